The van der Waals surface area contributed by atoms with Crippen LogP contribution < -0.4 is 31.7 Å². The van der Waals surface area contributed by atoms with Crippen LogP contribution in [0.5, 0.6) is 5.75 Å². The van der Waals surface area contributed by atoms with Crippen LogP contribution in [0.2, 0.25) is 0 Å². The molecular formula is C38H57N5O8. The molecule has 0 aromatic heterocycles. The highest BCUT2D eigenvalue weighted by Gasteiger charge is 2.34. The summed E-state index contributed by atoms with van der Waals surface area (Å²) >= 11 is 0. The Morgan fingerprint density at radius 3 is 1.86 bits per heavy atom. The molecule has 0 bridgehead atoms. The third-order valence-electron chi connectivity index (χ3n) is 8.99. The molecule has 2 rings (SSSR count). The van der Waals surface area contributed by atoms with E-state index in [9.17, 15) is 34.2 Å². The van der Waals surface area contributed by atoms with E-state index in [-0.39, 0.29) is 36.5 Å². The van der Waals surface area contributed by atoms with E-state index in [1.807, 2.05) is 51.1 Å². The molecule has 7 atom stereocenters. The van der Waals surface area contributed by atoms with Crippen molar-refractivity contribution in [3.8, 4) is 5.75 Å². The molecule has 0 aliphatic carbocycles. The van der Waals surface area contributed by atoms with Gasteiger partial charge in [0.15, 0.2) is 0 Å². The van der Waals surface area contributed by atoms with Crippen LogP contribution >= 0.6 is 0 Å². The molecular weight excluding hydrogens is 654 g/mol. The van der Waals surface area contributed by atoms with Crippen molar-refractivity contribution in [2.45, 2.75) is 104 Å². The van der Waals surface area contributed by atoms with Crippen LogP contribution in [0.3, 0.4) is 0 Å². The number of benzene rings is 2. The standard InChI is InChI=1S/C38H57N5O8/c1-7-24(5)34(41-31(45)21-27-15-12-16-28(19-27)51-18-17-39)36(47)40-29(20-26-13-10-9-11-14-26)30(44)22-32(46)42-35(25(6)8-2)37(48)43-33(23(3)4)38(49)50/h9-16,19,23-25,29-30,33-35,44H,7-8,17-18,20-22,39H2,1-6H3,(H,40,47)(H,41,45)(H,42,46)(H,43,48)(H,49,50)/t24?,25-,29-,30-,33-,34?,35?/m0/s1. The monoisotopic (exact) mass is 711 g/mol. The number of carboxylic acid groups (broad SMARTS) is 1. The topological polar surface area (TPSA) is 209 Å². The molecule has 0 aliphatic heterocycles. The Hall–Kier alpha value is -4.49. The maximum atomic E-state index is 13.8. The number of nitrogens with one attached hydrogen (secondary N) is 4. The first-order chi connectivity index (χ1) is 24.2. The number of amides is 4. The van der Waals surface area contributed by atoms with Gasteiger partial charge >= 0.3 is 5.97 Å². The lowest BCUT2D eigenvalue weighted by molar-refractivity contribution is -0.143. The van der Waals surface area contributed by atoms with Crippen molar-refractivity contribution in [3.63, 3.8) is 0 Å². The van der Waals surface area contributed by atoms with E-state index in [2.05, 4.69) is 21.3 Å². The van der Waals surface area contributed by atoms with E-state index >= 15 is 0 Å². The maximum Gasteiger partial charge on any atom is 0.326 e. The van der Waals surface area contributed by atoms with E-state index in [0.717, 1.165) is 5.56 Å². The predicted octanol–water partition coefficient (Wildman–Crippen LogP) is 2.33. The Morgan fingerprint density at radius 2 is 1.31 bits per heavy atom. The summed E-state index contributed by atoms with van der Waals surface area (Å²) in [7, 11) is 0. The molecule has 0 saturated carbocycles. The molecule has 3 unspecified atom stereocenters. The smallest absolute Gasteiger partial charge is 0.326 e. The minimum atomic E-state index is -1.37. The number of carboxylic acids is 1. The Balaban J connectivity index is 2.24. The van der Waals surface area contributed by atoms with Gasteiger partial charge in [-0.15, -0.1) is 0 Å². The molecule has 0 radical (unpaired) electrons. The van der Waals surface area contributed by atoms with Crippen LogP contribution in [-0.2, 0) is 36.8 Å². The molecule has 0 saturated heterocycles. The van der Waals surface area contributed by atoms with Crippen LogP contribution in [0, 0.1) is 17.8 Å². The molecule has 2 aromatic rings. The molecule has 0 heterocycles. The van der Waals surface area contributed by atoms with Crippen molar-refractivity contribution >= 4 is 29.6 Å². The molecule has 2 aromatic carbocycles. The Labute approximate surface area is 301 Å². The summed E-state index contributed by atoms with van der Waals surface area (Å²) in [5, 5.41) is 31.9. The van der Waals surface area contributed by atoms with Gasteiger partial charge in [-0.3, -0.25) is 19.2 Å². The number of rotatable bonds is 22. The Kier molecular flexibility index (Phi) is 18.1. The minimum absolute atomic E-state index is 0.00554. The second kappa shape index (κ2) is 21.7. The zero-order valence-corrected chi connectivity index (χ0v) is 30.7. The first kappa shape index (κ1) is 42.7. The highest BCUT2D eigenvalue weighted by atomic mass is 16.5. The zero-order chi connectivity index (χ0) is 38.1. The number of carbonyl (C=O) groups excluding carboxylic acids is 4. The fraction of sp³-hybridized carbons (Fsp3) is 0.553. The molecule has 4 amide bonds. The van der Waals surface area contributed by atoms with Gasteiger partial charge in [-0.25, -0.2) is 4.79 Å². The fourth-order valence-corrected chi connectivity index (χ4v) is 5.48. The molecule has 0 aliphatic rings. The number of aliphatic carboxylic acids is 1. The van der Waals surface area contributed by atoms with Gasteiger partial charge in [0.1, 0.15) is 30.5 Å². The molecule has 13 heteroatoms. The SMILES string of the molecule is CCC(C)C(NC(=O)Cc1cccc(OCCN)c1)C(=O)N[C@@H](Cc1ccccc1)[C@@H](O)CC(=O)NC(C(=O)N[C@H](C(=O)O)C(C)C)[C@@H](C)CC. The number of hydrogen-bond donors (Lipinski definition) is 7. The van der Waals surface area contributed by atoms with Crippen LogP contribution in [0.1, 0.15) is 71.9 Å². The van der Waals surface area contributed by atoms with Gasteiger partial charge in [0, 0.05) is 6.54 Å². The Morgan fingerprint density at radius 1 is 0.745 bits per heavy atom. The number of aliphatic hydroxyl groups is 1. The van der Waals surface area contributed by atoms with Crippen molar-refractivity contribution in [2.24, 2.45) is 23.5 Å². The zero-order valence-electron chi connectivity index (χ0n) is 30.7. The summed E-state index contributed by atoms with van der Waals surface area (Å²) in [6, 6.07) is 12.2. The summed E-state index contributed by atoms with van der Waals surface area (Å²) in [5.41, 5.74) is 7.02. The third kappa shape index (κ3) is 14.3. The van der Waals surface area contributed by atoms with Gasteiger partial charge in [-0.05, 0) is 47.4 Å². The number of hydrogen-bond acceptors (Lipinski definition) is 8. The van der Waals surface area contributed by atoms with E-state index < -0.39 is 60.4 Å². The molecule has 51 heavy (non-hydrogen) atoms. The van der Waals surface area contributed by atoms with E-state index in [4.69, 9.17) is 10.5 Å². The predicted molar refractivity (Wildman–Crippen MR) is 195 cm³/mol. The van der Waals surface area contributed by atoms with Crippen LogP contribution in [0.25, 0.3) is 0 Å². The van der Waals surface area contributed by atoms with E-state index in [0.29, 0.717) is 37.3 Å². The van der Waals surface area contributed by atoms with E-state index in [1.165, 1.54) is 0 Å². The summed E-state index contributed by atoms with van der Waals surface area (Å²) in [4.78, 5) is 65.2. The van der Waals surface area contributed by atoms with Gasteiger partial charge in [-0.2, -0.15) is 0 Å². The number of ether oxygens (including phenoxy) is 1. The van der Waals surface area contributed by atoms with Gasteiger partial charge in [0.2, 0.25) is 23.6 Å². The second-order valence-electron chi connectivity index (χ2n) is 13.5. The van der Waals surface area contributed by atoms with Crippen molar-refractivity contribution < 1.29 is 38.9 Å². The molecule has 0 fully saturated rings. The highest BCUT2D eigenvalue weighted by molar-refractivity contribution is 5.91. The highest BCUT2D eigenvalue weighted by Crippen LogP contribution is 2.17. The molecule has 0 spiro atoms. The van der Waals surface area contributed by atoms with Crippen LogP contribution in [-0.4, -0.2) is 83.2 Å². The van der Waals surface area contributed by atoms with Crippen molar-refractivity contribution in [1.82, 2.24) is 21.3 Å². The maximum absolute atomic E-state index is 13.8. The summed E-state index contributed by atoms with van der Waals surface area (Å²) < 4.78 is 5.56. The first-order valence-corrected chi connectivity index (χ1v) is 17.8. The van der Waals surface area contributed by atoms with Gasteiger partial charge in [-0.1, -0.05) is 96.8 Å². The van der Waals surface area contributed by atoms with Crippen molar-refractivity contribution in [3.05, 3.63) is 65.7 Å². The second-order valence-corrected chi connectivity index (χ2v) is 13.5. The van der Waals surface area contributed by atoms with Gasteiger partial charge < -0.3 is 42.0 Å². The quantitative estimate of drug-likeness (QED) is 0.0955. The van der Waals surface area contributed by atoms with Crippen molar-refractivity contribution in [2.75, 3.05) is 13.2 Å². The van der Waals surface area contributed by atoms with Gasteiger partial charge in [0.05, 0.1) is 25.0 Å². The molecule has 13 nitrogen and oxygen atoms in total. The summed E-state index contributed by atoms with van der Waals surface area (Å²) in [6.45, 7) is 11.4. The minimum Gasteiger partial charge on any atom is -0.492 e. The molecule has 282 valence electrons. The van der Waals surface area contributed by atoms with Crippen LogP contribution in [0.15, 0.2) is 54.6 Å². The molecule has 8 N–H and O–H groups in total. The van der Waals surface area contributed by atoms with E-state index in [1.54, 1.807) is 45.0 Å². The normalized spacial score (nSPS) is 15.3. The first-order valence-electron chi connectivity index (χ1n) is 17.8. The lowest BCUT2D eigenvalue weighted by atomic mass is 9.94. The largest absolute Gasteiger partial charge is 0.492 e. The lowest BCUT2D eigenvalue weighted by Crippen LogP contribution is -2.57. The summed E-state index contributed by atoms with van der Waals surface area (Å²) in [5.74, 6) is -3.75. The van der Waals surface area contributed by atoms with Gasteiger partial charge in [0.25, 0.3) is 0 Å². The van der Waals surface area contributed by atoms with Crippen LogP contribution in [0.4, 0.5) is 0 Å². The number of carbonyl (C=O) groups is 5. The Bertz CT molecular complexity index is 1420. The number of aliphatic hydroxyl groups excluding tert-OH is 1. The summed E-state index contributed by atoms with van der Waals surface area (Å²) in [6.07, 6.45) is -0.542. The average molecular weight is 712 g/mol. The lowest BCUT2D eigenvalue weighted by Gasteiger charge is -2.30. The fourth-order valence-electron chi connectivity index (χ4n) is 5.48. The average Bonchev–Trinajstić information content (AvgIpc) is 3.10. The third-order valence-corrected chi connectivity index (χ3v) is 8.99. The van der Waals surface area contributed by atoms with Crippen molar-refractivity contribution in [1.29, 1.82) is 0 Å². The number of nitrogens with two attached hydrogens (primary N) is 1.